The van der Waals surface area contributed by atoms with Gasteiger partial charge in [-0.2, -0.15) is 0 Å². The highest BCUT2D eigenvalue weighted by Crippen LogP contribution is 2.37. The van der Waals surface area contributed by atoms with Crippen molar-refractivity contribution >= 4 is 22.8 Å². The van der Waals surface area contributed by atoms with Crippen LogP contribution in [0.5, 0.6) is 0 Å². The lowest BCUT2D eigenvalue weighted by Gasteiger charge is -2.25. The van der Waals surface area contributed by atoms with E-state index < -0.39 is 0 Å². The topological polar surface area (TPSA) is 36.8 Å². The number of nitrogens with zero attached hydrogens (tertiary/aromatic N) is 2. The summed E-state index contributed by atoms with van der Waals surface area (Å²) in [5.41, 5.74) is 12.8. The number of rotatable bonds is 10. The first kappa shape index (κ1) is 32.2. The molecule has 4 rings (SSSR count). The molecule has 3 aromatic rings. The van der Waals surface area contributed by atoms with Gasteiger partial charge in [0.25, 0.3) is 0 Å². The molecule has 3 aromatic carbocycles. The summed E-state index contributed by atoms with van der Waals surface area (Å²) in [5.74, 6) is 1.80. The quantitative estimate of drug-likeness (QED) is 0.241. The zero-order valence-electron chi connectivity index (χ0n) is 28.0. The van der Waals surface area contributed by atoms with Crippen molar-refractivity contribution in [1.82, 2.24) is 5.32 Å². The number of aliphatic imine (C=N–C) groups is 2. The molecule has 1 aliphatic rings. The molecule has 0 saturated carbocycles. The van der Waals surface area contributed by atoms with E-state index in [-0.39, 0.29) is 5.92 Å². The molecule has 0 saturated heterocycles. The minimum atomic E-state index is 0.221. The molecule has 43 heavy (non-hydrogen) atoms. The predicted octanol–water partition coefficient (Wildman–Crippen LogP) is 11.3. The average molecular weight is 574 g/mol. The molecule has 0 fully saturated rings. The highest BCUT2D eigenvalue weighted by molar-refractivity contribution is 6.05. The molecule has 1 aliphatic heterocycles. The molecule has 1 N–H and O–H groups in total. The van der Waals surface area contributed by atoms with Gasteiger partial charge in [0.1, 0.15) is 0 Å². The van der Waals surface area contributed by atoms with E-state index in [9.17, 15) is 0 Å². The van der Waals surface area contributed by atoms with Crippen LogP contribution in [-0.4, -0.2) is 11.4 Å². The van der Waals surface area contributed by atoms with Gasteiger partial charge in [-0.05, 0) is 71.8 Å². The second kappa shape index (κ2) is 14.2. The maximum absolute atomic E-state index is 5.34. The number of hydrogen-bond acceptors (Lipinski definition) is 3. The fourth-order valence-corrected chi connectivity index (χ4v) is 5.87. The molecule has 0 spiro atoms. The van der Waals surface area contributed by atoms with Crippen LogP contribution in [0, 0.1) is 5.92 Å². The van der Waals surface area contributed by atoms with E-state index in [0.29, 0.717) is 23.7 Å². The Kier molecular flexibility index (Phi) is 10.6. The third kappa shape index (κ3) is 7.82. The molecule has 0 aromatic heterocycles. The molecular weight excluding hydrogens is 522 g/mol. The van der Waals surface area contributed by atoms with Crippen molar-refractivity contribution in [1.29, 1.82) is 0 Å². The van der Waals surface area contributed by atoms with Gasteiger partial charge in [0.05, 0.1) is 34.2 Å². The first-order valence-corrected chi connectivity index (χ1v) is 16.1. The normalized spacial score (nSPS) is 16.2. The van der Waals surface area contributed by atoms with E-state index in [4.69, 9.17) is 9.98 Å². The lowest BCUT2D eigenvalue weighted by Crippen LogP contribution is -2.28. The van der Waals surface area contributed by atoms with Crippen LogP contribution in [0.1, 0.15) is 121 Å². The Hall–Kier alpha value is -3.72. The maximum atomic E-state index is 5.34. The molecule has 0 unspecified atom stereocenters. The molecule has 0 radical (unpaired) electrons. The molecule has 3 heteroatoms. The lowest BCUT2D eigenvalue weighted by atomic mass is 9.91. The van der Waals surface area contributed by atoms with Crippen molar-refractivity contribution in [2.24, 2.45) is 15.9 Å². The van der Waals surface area contributed by atoms with Crippen LogP contribution >= 0.6 is 0 Å². The molecule has 0 aliphatic carbocycles. The van der Waals surface area contributed by atoms with Crippen LogP contribution in [-0.2, 0) is 6.42 Å². The third-order valence-electron chi connectivity index (χ3n) is 8.37. The van der Waals surface area contributed by atoms with Crippen LogP contribution in [0.2, 0.25) is 0 Å². The van der Waals surface area contributed by atoms with E-state index in [1.807, 2.05) is 0 Å². The second-order valence-electron chi connectivity index (χ2n) is 13.2. The fraction of sp³-hybridized carbons (Fsp3) is 0.400. The Morgan fingerprint density at radius 2 is 0.930 bits per heavy atom. The summed E-state index contributed by atoms with van der Waals surface area (Å²) in [6, 6.07) is 24.0. The fourth-order valence-electron chi connectivity index (χ4n) is 5.87. The molecule has 0 amide bonds. The highest BCUT2D eigenvalue weighted by atomic mass is 15.0. The number of benzene rings is 3. The molecule has 3 nitrogen and oxygen atoms in total. The predicted molar refractivity (Wildman–Crippen MR) is 188 cm³/mol. The largest absolute Gasteiger partial charge is 0.353 e. The van der Waals surface area contributed by atoms with E-state index in [0.717, 1.165) is 40.6 Å². The first-order valence-electron chi connectivity index (χ1n) is 16.1. The summed E-state index contributed by atoms with van der Waals surface area (Å²) in [5, 5.41) is 3.76. The third-order valence-corrected chi connectivity index (χ3v) is 8.37. The van der Waals surface area contributed by atoms with Gasteiger partial charge in [-0.25, -0.2) is 0 Å². The van der Waals surface area contributed by atoms with Gasteiger partial charge >= 0.3 is 0 Å². The van der Waals surface area contributed by atoms with Gasteiger partial charge in [-0.3, -0.25) is 9.98 Å². The van der Waals surface area contributed by atoms with Gasteiger partial charge in [0.15, 0.2) is 0 Å². The van der Waals surface area contributed by atoms with Crippen LogP contribution in [0.3, 0.4) is 0 Å². The Morgan fingerprint density at radius 1 is 0.558 bits per heavy atom. The number of nitrogens with one attached hydrogen (secondary N) is 1. The van der Waals surface area contributed by atoms with Crippen molar-refractivity contribution in [3.05, 3.63) is 118 Å². The first-order chi connectivity index (χ1) is 20.5. The van der Waals surface area contributed by atoms with Crippen molar-refractivity contribution in [2.75, 3.05) is 0 Å². The minimum absolute atomic E-state index is 0.221. The van der Waals surface area contributed by atoms with E-state index in [1.54, 1.807) is 0 Å². The van der Waals surface area contributed by atoms with Gasteiger partial charge in [0.2, 0.25) is 0 Å². The summed E-state index contributed by atoms with van der Waals surface area (Å²) in [6.45, 7) is 22.3. The Labute approximate surface area is 261 Å². The Balaban J connectivity index is 1.81. The summed E-state index contributed by atoms with van der Waals surface area (Å²) >= 11 is 0. The molecule has 0 atom stereocenters. The number of dihydropyridines is 1. The summed E-state index contributed by atoms with van der Waals surface area (Å²) in [7, 11) is 0. The van der Waals surface area contributed by atoms with E-state index >= 15 is 0 Å². The highest BCUT2D eigenvalue weighted by Gasteiger charge is 2.21. The SMILES string of the molecule is CC(=Nc1c(C(C)C)cccc1C(C)C)C1=CC(Cc2ccccc2)C=C(C(C)=Nc2c(C(C)C)cccc2C(C)C)N1. The van der Waals surface area contributed by atoms with Gasteiger partial charge in [-0.15, -0.1) is 0 Å². The lowest BCUT2D eigenvalue weighted by molar-refractivity contribution is 0.761. The van der Waals surface area contributed by atoms with Crippen LogP contribution in [0.15, 0.2) is 100 Å². The van der Waals surface area contributed by atoms with Crippen molar-refractivity contribution in [2.45, 2.75) is 99.3 Å². The summed E-state index contributed by atoms with van der Waals surface area (Å²) in [4.78, 5) is 10.7. The summed E-state index contributed by atoms with van der Waals surface area (Å²) < 4.78 is 0. The standard InChI is InChI=1S/C40H51N3/c1-25(2)33-18-14-19-34(26(3)4)39(33)41-29(9)37-23-32(22-31-16-12-11-13-17-31)24-38(43-37)30(10)42-40-35(27(5)6)20-15-21-36(40)28(7)8/h11-21,23-28,32,43H,22H2,1-10H3. The van der Waals surface area contributed by atoms with Crippen molar-refractivity contribution < 1.29 is 0 Å². The van der Waals surface area contributed by atoms with Crippen LogP contribution in [0.25, 0.3) is 0 Å². The molecular formula is C40H51N3. The zero-order valence-corrected chi connectivity index (χ0v) is 28.0. The number of hydrogen-bond donors (Lipinski definition) is 1. The van der Waals surface area contributed by atoms with E-state index in [2.05, 4.69) is 153 Å². The van der Waals surface area contributed by atoms with Gasteiger partial charge < -0.3 is 5.32 Å². The monoisotopic (exact) mass is 573 g/mol. The molecule has 226 valence electrons. The maximum Gasteiger partial charge on any atom is 0.0702 e. The number of para-hydroxylation sites is 2. The molecule has 0 bridgehead atoms. The average Bonchev–Trinajstić information content (AvgIpc) is 2.97. The number of allylic oxidation sites excluding steroid dienone is 4. The van der Waals surface area contributed by atoms with Gasteiger partial charge in [-0.1, -0.05) is 134 Å². The Morgan fingerprint density at radius 3 is 1.28 bits per heavy atom. The summed E-state index contributed by atoms with van der Waals surface area (Å²) in [6.07, 6.45) is 5.62. The minimum Gasteiger partial charge on any atom is -0.353 e. The smallest absolute Gasteiger partial charge is 0.0702 e. The van der Waals surface area contributed by atoms with Crippen molar-refractivity contribution in [3.8, 4) is 0 Å². The van der Waals surface area contributed by atoms with Crippen LogP contribution in [0.4, 0.5) is 11.4 Å². The van der Waals surface area contributed by atoms with E-state index in [1.165, 1.54) is 27.8 Å². The van der Waals surface area contributed by atoms with Crippen molar-refractivity contribution in [3.63, 3.8) is 0 Å². The Bertz CT molecular complexity index is 1380. The van der Waals surface area contributed by atoms with Crippen LogP contribution < -0.4 is 5.32 Å². The van der Waals surface area contributed by atoms with Gasteiger partial charge in [0, 0.05) is 5.92 Å². The zero-order chi connectivity index (χ0) is 31.3. The second-order valence-corrected chi connectivity index (χ2v) is 13.2. The molecule has 1 heterocycles.